The molecular weight excluding hydrogens is 244 g/mol. The summed E-state index contributed by atoms with van der Waals surface area (Å²) in [5, 5.41) is 3.38. The number of rotatable bonds is 5. The summed E-state index contributed by atoms with van der Waals surface area (Å²) in [7, 11) is 0. The van der Waals surface area contributed by atoms with E-state index in [9.17, 15) is 0 Å². The number of hydrogen-bond donors (Lipinski definition) is 2. The van der Waals surface area contributed by atoms with Crippen molar-refractivity contribution in [1.82, 2.24) is 9.55 Å². The molecule has 1 aromatic carbocycles. The molecule has 5 heteroatoms. The van der Waals surface area contributed by atoms with Crippen LogP contribution in [0, 0.1) is 6.92 Å². The Kier molecular flexibility index (Phi) is 3.94. The highest BCUT2D eigenvalue weighted by atomic mass is 32.1. The average molecular weight is 260 g/mol. The van der Waals surface area contributed by atoms with Crippen molar-refractivity contribution in [3.8, 4) is 0 Å². The lowest BCUT2D eigenvalue weighted by Crippen LogP contribution is -2.12. The number of thiocarbonyl (C=S) groups is 1. The van der Waals surface area contributed by atoms with Gasteiger partial charge in [0.1, 0.15) is 4.99 Å². The van der Waals surface area contributed by atoms with Crippen LogP contribution in [0.25, 0.3) is 0 Å². The number of nitrogens with zero attached hydrogens (tertiary/aromatic N) is 2. The summed E-state index contributed by atoms with van der Waals surface area (Å²) >= 11 is 4.95. The Balaban J connectivity index is 1.95. The summed E-state index contributed by atoms with van der Waals surface area (Å²) in [6.07, 6.45) is 5.54. The standard InChI is InChI=1S/C13H16N4S/c1-10-8-11(13(14)18)2-3-12(10)16-5-7-17-6-4-15-9-17/h2-4,6,8-9,16H,5,7H2,1H3,(H2,14,18). The van der Waals surface area contributed by atoms with E-state index in [1.165, 1.54) is 0 Å². The first kappa shape index (κ1) is 12.6. The van der Waals surface area contributed by atoms with Gasteiger partial charge in [-0.3, -0.25) is 0 Å². The maximum atomic E-state index is 5.60. The zero-order valence-electron chi connectivity index (χ0n) is 10.3. The highest BCUT2D eigenvalue weighted by Crippen LogP contribution is 2.16. The normalized spacial score (nSPS) is 10.3. The van der Waals surface area contributed by atoms with Crippen LogP contribution in [0.3, 0.4) is 0 Å². The maximum Gasteiger partial charge on any atom is 0.103 e. The Morgan fingerprint density at radius 1 is 1.50 bits per heavy atom. The molecule has 3 N–H and O–H groups in total. The largest absolute Gasteiger partial charge is 0.389 e. The minimum atomic E-state index is 0.433. The van der Waals surface area contributed by atoms with Gasteiger partial charge < -0.3 is 15.6 Å². The fourth-order valence-electron chi connectivity index (χ4n) is 1.75. The molecule has 0 amide bonds. The molecule has 0 aliphatic rings. The van der Waals surface area contributed by atoms with Crippen LogP contribution in [0.5, 0.6) is 0 Å². The van der Waals surface area contributed by atoms with E-state index >= 15 is 0 Å². The lowest BCUT2D eigenvalue weighted by molar-refractivity contribution is 0.726. The van der Waals surface area contributed by atoms with Crippen LogP contribution in [0.2, 0.25) is 0 Å². The Morgan fingerprint density at radius 3 is 2.94 bits per heavy atom. The molecule has 2 aromatic rings. The molecule has 18 heavy (non-hydrogen) atoms. The number of nitrogens with one attached hydrogen (secondary N) is 1. The molecule has 0 saturated heterocycles. The van der Waals surface area contributed by atoms with Gasteiger partial charge in [0.05, 0.1) is 6.33 Å². The van der Waals surface area contributed by atoms with Crippen molar-refractivity contribution in [3.63, 3.8) is 0 Å². The quantitative estimate of drug-likeness (QED) is 0.807. The SMILES string of the molecule is Cc1cc(C(N)=S)ccc1NCCn1ccnc1. The van der Waals surface area contributed by atoms with Crippen molar-refractivity contribution in [1.29, 1.82) is 0 Å². The topological polar surface area (TPSA) is 55.9 Å². The summed E-state index contributed by atoms with van der Waals surface area (Å²) in [5.41, 5.74) is 8.75. The first-order valence-corrected chi connectivity index (χ1v) is 6.17. The molecule has 0 fully saturated rings. The van der Waals surface area contributed by atoms with Gasteiger partial charge in [0, 0.05) is 36.7 Å². The molecule has 0 spiro atoms. The van der Waals surface area contributed by atoms with E-state index in [0.717, 1.165) is 29.9 Å². The van der Waals surface area contributed by atoms with Crippen molar-refractivity contribution < 1.29 is 0 Å². The lowest BCUT2D eigenvalue weighted by atomic mass is 10.1. The summed E-state index contributed by atoms with van der Waals surface area (Å²) in [5.74, 6) is 0. The van der Waals surface area contributed by atoms with Crippen molar-refractivity contribution in [3.05, 3.63) is 48.0 Å². The Hall–Kier alpha value is -1.88. The third-order valence-electron chi connectivity index (χ3n) is 2.76. The van der Waals surface area contributed by atoms with Crippen molar-refractivity contribution in [2.45, 2.75) is 13.5 Å². The zero-order valence-corrected chi connectivity index (χ0v) is 11.1. The molecule has 0 bridgehead atoms. The molecule has 0 aliphatic heterocycles. The fourth-order valence-corrected chi connectivity index (χ4v) is 1.88. The van der Waals surface area contributed by atoms with E-state index in [0.29, 0.717) is 4.99 Å². The first-order chi connectivity index (χ1) is 8.66. The molecule has 2 rings (SSSR count). The summed E-state index contributed by atoms with van der Waals surface area (Å²) < 4.78 is 2.03. The number of anilines is 1. The van der Waals surface area contributed by atoms with Crippen LogP contribution in [0.4, 0.5) is 5.69 Å². The molecule has 0 aliphatic carbocycles. The molecule has 0 unspecified atom stereocenters. The van der Waals surface area contributed by atoms with E-state index in [1.807, 2.05) is 42.2 Å². The van der Waals surface area contributed by atoms with Crippen LogP contribution in [0.1, 0.15) is 11.1 Å². The van der Waals surface area contributed by atoms with Crippen molar-refractivity contribution in [2.75, 3.05) is 11.9 Å². The van der Waals surface area contributed by atoms with Gasteiger partial charge in [-0.25, -0.2) is 4.98 Å². The molecule has 1 aromatic heterocycles. The van der Waals surface area contributed by atoms with Gasteiger partial charge in [-0.05, 0) is 30.7 Å². The predicted molar refractivity (Wildman–Crippen MR) is 77.8 cm³/mol. The summed E-state index contributed by atoms with van der Waals surface area (Å²) in [6, 6.07) is 5.95. The fraction of sp³-hybridized carbons (Fsp3) is 0.231. The minimum Gasteiger partial charge on any atom is -0.389 e. The van der Waals surface area contributed by atoms with Gasteiger partial charge in [0.25, 0.3) is 0 Å². The monoisotopic (exact) mass is 260 g/mol. The second kappa shape index (κ2) is 5.64. The van der Waals surface area contributed by atoms with Gasteiger partial charge in [0.15, 0.2) is 0 Å². The summed E-state index contributed by atoms with van der Waals surface area (Å²) in [4.78, 5) is 4.44. The van der Waals surface area contributed by atoms with E-state index in [-0.39, 0.29) is 0 Å². The molecule has 0 radical (unpaired) electrons. The second-order valence-corrected chi connectivity index (χ2v) is 4.56. The Morgan fingerprint density at radius 2 is 2.33 bits per heavy atom. The van der Waals surface area contributed by atoms with Crippen molar-refractivity contribution >= 4 is 22.9 Å². The molecule has 4 nitrogen and oxygen atoms in total. The number of aromatic nitrogens is 2. The van der Waals surface area contributed by atoms with Crippen LogP contribution >= 0.6 is 12.2 Å². The number of nitrogens with two attached hydrogens (primary N) is 1. The number of hydrogen-bond acceptors (Lipinski definition) is 3. The molecule has 1 heterocycles. The predicted octanol–water partition coefficient (Wildman–Crippen LogP) is 1.94. The number of aryl methyl sites for hydroxylation is 1. The Bertz CT molecular complexity index is 534. The zero-order chi connectivity index (χ0) is 13.0. The highest BCUT2D eigenvalue weighted by Gasteiger charge is 2.01. The smallest absolute Gasteiger partial charge is 0.103 e. The Labute approximate surface area is 112 Å². The van der Waals surface area contributed by atoms with E-state index in [4.69, 9.17) is 18.0 Å². The third kappa shape index (κ3) is 3.07. The van der Waals surface area contributed by atoms with Crippen LogP contribution < -0.4 is 11.1 Å². The van der Waals surface area contributed by atoms with Crippen LogP contribution in [-0.4, -0.2) is 21.1 Å². The average Bonchev–Trinajstić information content (AvgIpc) is 2.84. The molecule has 0 atom stereocenters. The summed E-state index contributed by atoms with van der Waals surface area (Å²) in [6.45, 7) is 3.78. The van der Waals surface area contributed by atoms with Gasteiger partial charge in [-0.15, -0.1) is 0 Å². The second-order valence-electron chi connectivity index (χ2n) is 4.12. The van der Waals surface area contributed by atoms with Gasteiger partial charge in [-0.1, -0.05) is 12.2 Å². The van der Waals surface area contributed by atoms with Crippen molar-refractivity contribution in [2.24, 2.45) is 5.73 Å². The molecule has 94 valence electrons. The molecule has 0 saturated carbocycles. The van der Waals surface area contributed by atoms with Gasteiger partial charge in [0.2, 0.25) is 0 Å². The lowest BCUT2D eigenvalue weighted by Gasteiger charge is -2.11. The maximum absolute atomic E-state index is 5.60. The van der Waals surface area contributed by atoms with E-state index < -0.39 is 0 Å². The first-order valence-electron chi connectivity index (χ1n) is 5.77. The van der Waals surface area contributed by atoms with Gasteiger partial charge in [-0.2, -0.15) is 0 Å². The minimum absolute atomic E-state index is 0.433. The van der Waals surface area contributed by atoms with E-state index in [2.05, 4.69) is 10.3 Å². The van der Waals surface area contributed by atoms with E-state index in [1.54, 1.807) is 6.20 Å². The third-order valence-corrected chi connectivity index (χ3v) is 2.99. The van der Waals surface area contributed by atoms with Crippen LogP contribution in [0.15, 0.2) is 36.9 Å². The number of imidazole rings is 1. The number of benzene rings is 1. The van der Waals surface area contributed by atoms with Gasteiger partial charge >= 0.3 is 0 Å². The highest BCUT2D eigenvalue weighted by molar-refractivity contribution is 7.80. The molecular formula is C13H16N4S. The van der Waals surface area contributed by atoms with Crippen LogP contribution in [-0.2, 0) is 6.54 Å².